The van der Waals surface area contributed by atoms with E-state index in [9.17, 15) is 13.2 Å². The largest absolute Gasteiger partial charge is 0.359 e. The number of hydrogen-bond acceptors (Lipinski definition) is 5. The molecular weight excluding hydrogens is 352 g/mol. The Morgan fingerprint density at radius 1 is 1.38 bits per heavy atom. The van der Waals surface area contributed by atoms with E-state index in [4.69, 9.17) is 16.1 Å². The van der Waals surface area contributed by atoms with Crippen molar-refractivity contribution in [3.63, 3.8) is 0 Å². The number of nitrogens with zero attached hydrogens (tertiary/aromatic N) is 2. The number of halogens is 1. The molecule has 1 fully saturated rings. The molecule has 0 unspecified atom stereocenters. The van der Waals surface area contributed by atoms with E-state index < -0.39 is 15.8 Å². The van der Waals surface area contributed by atoms with Crippen molar-refractivity contribution >= 4 is 33.1 Å². The van der Waals surface area contributed by atoms with Gasteiger partial charge >= 0.3 is 0 Å². The van der Waals surface area contributed by atoms with Crippen LogP contribution >= 0.6 is 11.6 Å². The zero-order chi connectivity index (χ0) is 17.5. The second-order valence-electron chi connectivity index (χ2n) is 5.76. The van der Waals surface area contributed by atoms with Crippen LogP contribution in [-0.4, -0.2) is 32.2 Å². The molecule has 0 spiro atoms. The van der Waals surface area contributed by atoms with Crippen LogP contribution in [0.25, 0.3) is 0 Å². The van der Waals surface area contributed by atoms with Crippen LogP contribution in [0.5, 0.6) is 0 Å². The summed E-state index contributed by atoms with van der Waals surface area (Å²) in [5, 5.41) is 4.04. The Hall–Kier alpha value is -1.86. The van der Waals surface area contributed by atoms with E-state index in [0.29, 0.717) is 11.4 Å². The van der Waals surface area contributed by atoms with Crippen LogP contribution < -0.4 is 4.31 Å². The van der Waals surface area contributed by atoms with Crippen LogP contribution in [0.15, 0.2) is 28.8 Å². The third-order valence-corrected chi connectivity index (χ3v) is 5.55. The van der Waals surface area contributed by atoms with Gasteiger partial charge in [-0.2, -0.15) is 0 Å². The van der Waals surface area contributed by atoms with Crippen molar-refractivity contribution in [3.05, 3.63) is 46.3 Å². The Kier molecular flexibility index (Phi) is 4.40. The van der Waals surface area contributed by atoms with Gasteiger partial charge < -0.3 is 4.52 Å². The third kappa shape index (κ3) is 3.06. The molecule has 0 N–H and O–H groups in total. The minimum Gasteiger partial charge on any atom is -0.359 e. The molecule has 1 heterocycles. The van der Waals surface area contributed by atoms with E-state index >= 15 is 0 Å². The number of rotatable bonds is 6. The molecule has 1 aliphatic carbocycles. The minimum atomic E-state index is -3.51. The average molecular weight is 369 g/mol. The number of ketones is 1. The molecule has 1 aromatic heterocycles. The second kappa shape index (κ2) is 6.22. The molecule has 24 heavy (non-hydrogen) atoms. The number of sulfonamides is 1. The maximum Gasteiger partial charge on any atom is 0.232 e. The normalized spacial score (nSPS) is 14.6. The summed E-state index contributed by atoms with van der Waals surface area (Å²) in [6.45, 7) is 1.92. The average Bonchev–Trinajstić information content (AvgIpc) is 3.29. The summed E-state index contributed by atoms with van der Waals surface area (Å²) in [5.74, 6) is 0.311. The van der Waals surface area contributed by atoms with Crippen molar-refractivity contribution in [3.8, 4) is 0 Å². The van der Waals surface area contributed by atoms with Crippen LogP contribution in [0.2, 0.25) is 5.02 Å². The fourth-order valence-electron chi connectivity index (χ4n) is 2.63. The predicted octanol–water partition coefficient (Wildman–Crippen LogP) is 3.22. The summed E-state index contributed by atoms with van der Waals surface area (Å²) in [4.78, 5) is 12.9. The highest BCUT2D eigenvalue weighted by atomic mass is 35.5. The molecular formula is C16H17ClN2O4S. The number of hydrogen-bond donors (Lipinski definition) is 0. The summed E-state index contributed by atoms with van der Waals surface area (Å²) in [7, 11) is -3.51. The molecule has 8 heteroatoms. The zero-order valence-electron chi connectivity index (χ0n) is 13.3. The van der Waals surface area contributed by atoms with Crippen LogP contribution in [0.1, 0.15) is 47.5 Å². The summed E-state index contributed by atoms with van der Waals surface area (Å²) < 4.78 is 30.4. The molecule has 1 saturated carbocycles. The highest BCUT2D eigenvalue weighted by Crippen LogP contribution is 2.44. The van der Waals surface area contributed by atoms with Gasteiger partial charge in [0.1, 0.15) is 5.02 Å². The minimum absolute atomic E-state index is 0.0237. The standard InChI is InChI=1S/C16H17ClN2O4S/c1-3-19(24(2,21)22)12-7-5-4-6-11(12)15(20)14-13(17)16(23-18-14)10-8-9-10/h4-7,10H,3,8-9H2,1-2H3. The molecule has 2 aromatic rings. The number of para-hydroxylation sites is 1. The van der Waals surface area contributed by atoms with Gasteiger partial charge in [0.25, 0.3) is 0 Å². The topological polar surface area (TPSA) is 80.5 Å². The Balaban J connectivity index is 2.05. The van der Waals surface area contributed by atoms with Gasteiger partial charge in [-0.05, 0) is 31.9 Å². The van der Waals surface area contributed by atoms with Crippen molar-refractivity contribution in [1.82, 2.24) is 5.16 Å². The van der Waals surface area contributed by atoms with Gasteiger partial charge in [0.15, 0.2) is 11.5 Å². The molecule has 1 aromatic carbocycles. The van der Waals surface area contributed by atoms with Crippen molar-refractivity contribution in [2.45, 2.75) is 25.7 Å². The van der Waals surface area contributed by atoms with Crippen LogP contribution in [0.3, 0.4) is 0 Å². The lowest BCUT2D eigenvalue weighted by atomic mass is 10.1. The quantitative estimate of drug-likeness (QED) is 0.731. The summed E-state index contributed by atoms with van der Waals surface area (Å²) >= 11 is 6.25. The first-order valence-corrected chi connectivity index (χ1v) is 9.83. The smallest absolute Gasteiger partial charge is 0.232 e. The van der Waals surface area contributed by atoms with Gasteiger partial charge in [-0.15, -0.1) is 0 Å². The van der Waals surface area contributed by atoms with E-state index in [1.165, 1.54) is 4.31 Å². The van der Waals surface area contributed by atoms with Crippen molar-refractivity contribution < 1.29 is 17.7 Å². The van der Waals surface area contributed by atoms with Gasteiger partial charge in [0, 0.05) is 18.0 Å². The number of benzene rings is 1. The Bertz CT molecular complexity index is 887. The van der Waals surface area contributed by atoms with Crippen LogP contribution in [0.4, 0.5) is 5.69 Å². The highest BCUT2D eigenvalue weighted by molar-refractivity contribution is 7.92. The van der Waals surface area contributed by atoms with Crippen molar-refractivity contribution in [1.29, 1.82) is 0 Å². The summed E-state index contributed by atoms with van der Waals surface area (Å²) in [5.41, 5.74) is 0.553. The predicted molar refractivity (Wildman–Crippen MR) is 91.2 cm³/mol. The van der Waals surface area contributed by atoms with E-state index in [1.807, 2.05) is 0 Å². The van der Waals surface area contributed by atoms with E-state index in [-0.39, 0.29) is 28.7 Å². The molecule has 0 atom stereocenters. The van der Waals surface area contributed by atoms with Crippen molar-refractivity contribution in [2.75, 3.05) is 17.1 Å². The lowest BCUT2D eigenvalue weighted by Crippen LogP contribution is -2.31. The fourth-order valence-corrected chi connectivity index (χ4v) is 3.92. The molecule has 128 valence electrons. The summed E-state index contributed by atoms with van der Waals surface area (Å²) in [6.07, 6.45) is 3.04. The first-order chi connectivity index (χ1) is 11.3. The molecule has 0 radical (unpaired) electrons. The number of anilines is 1. The first-order valence-electron chi connectivity index (χ1n) is 7.61. The first kappa shape index (κ1) is 17.0. The molecule has 0 amide bonds. The Morgan fingerprint density at radius 2 is 2.04 bits per heavy atom. The maximum absolute atomic E-state index is 12.9. The van der Waals surface area contributed by atoms with Gasteiger partial charge in [0.05, 0.1) is 11.9 Å². The fraction of sp³-hybridized carbons (Fsp3) is 0.375. The molecule has 3 rings (SSSR count). The highest BCUT2D eigenvalue weighted by Gasteiger charge is 2.34. The number of aromatic nitrogens is 1. The van der Waals surface area contributed by atoms with E-state index in [0.717, 1.165) is 19.1 Å². The Morgan fingerprint density at radius 3 is 2.62 bits per heavy atom. The second-order valence-corrected chi connectivity index (χ2v) is 8.04. The SMILES string of the molecule is CCN(c1ccccc1C(=O)c1noc(C2CC2)c1Cl)S(C)(=O)=O. The molecule has 6 nitrogen and oxygen atoms in total. The molecule has 0 bridgehead atoms. The lowest BCUT2D eigenvalue weighted by Gasteiger charge is -2.22. The van der Waals surface area contributed by atoms with Gasteiger partial charge in [0.2, 0.25) is 15.8 Å². The molecule has 0 aliphatic heterocycles. The van der Waals surface area contributed by atoms with Gasteiger partial charge in [-0.3, -0.25) is 9.10 Å². The lowest BCUT2D eigenvalue weighted by molar-refractivity contribution is 0.103. The van der Waals surface area contributed by atoms with E-state index in [1.54, 1.807) is 31.2 Å². The van der Waals surface area contributed by atoms with Crippen LogP contribution in [0, 0.1) is 0 Å². The Labute approximate surface area is 145 Å². The maximum atomic E-state index is 12.9. The van der Waals surface area contributed by atoms with Crippen LogP contribution in [-0.2, 0) is 10.0 Å². The zero-order valence-corrected chi connectivity index (χ0v) is 14.9. The summed E-state index contributed by atoms with van der Waals surface area (Å²) in [6, 6.07) is 6.50. The third-order valence-electron chi connectivity index (χ3n) is 3.93. The number of carbonyl (C=O) groups excluding carboxylic acids is 1. The van der Waals surface area contributed by atoms with E-state index in [2.05, 4.69) is 5.16 Å². The number of carbonyl (C=O) groups is 1. The van der Waals surface area contributed by atoms with Gasteiger partial charge in [-0.1, -0.05) is 28.9 Å². The monoisotopic (exact) mass is 368 g/mol. The molecule has 1 aliphatic rings. The van der Waals surface area contributed by atoms with Gasteiger partial charge in [-0.25, -0.2) is 8.42 Å². The molecule has 0 saturated heterocycles. The van der Waals surface area contributed by atoms with Crippen molar-refractivity contribution in [2.24, 2.45) is 0 Å².